The van der Waals surface area contributed by atoms with Crippen LogP contribution in [-0.2, 0) is 6.54 Å². The third-order valence-electron chi connectivity index (χ3n) is 4.23. The minimum absolute atomic E-state index is 0.00630. The molecule has 1 fully saturated rings. The highest BCUT2D eigenvalue weighted by Crippen LogP contribution is 2.38. The maximum Gasteiger partial charge on any atom is 0.272 e. The lowest BCUT2D eigenvalue weighted by molar-refractivity contribution is 0.0945. The zero-order chi connectivity index (χ0) is 17.6. The quantitative estimate of drug-likeness (QED) is 0.927. The second-order valence-electron chi connectivity index (χ2n) is 6.13. The Morgan fingerprint density at radius 2 is 2.16 bits per heavy atom. The molecule has 2 aliphatic rings. The molecule has 1 amide bonds. The van der Waals surface area contributed by atoms with Gasteiger partial charge < -0.3 is 10.1 Å². The van der Waals surface area contributed by atoms with Crippen LogP contribution in [0.5, 0.6) is 5.88 Å². The van der Waals surface area contributed by atoms with E-state index in [-0.39, 0.29) is 28.7 Å². The number of fused-ring (bicyclic) bond motifs is 1. The lowest BCUT2D eigenvalue weighted by Crippen LogP contribution is -2.26. The molecule has 2 aromatic rings. The number of nitrogens with zero attached hydrogens (tertiary/aromatic N) is 3. The van der Waals surface area contributed by atoms with Crippen LogP contribution in [0.1, 0.15) is 35.3 Å². The van der Waals surface area contributed by atoms with Crippen LogP contribution in [0, 0.1) is 23.0 Å². The van der Waals surface area contributed by atoms with Gasteiger partial charge in [-0.2, -0.15) is 10.4 Å². The van der Waals surface area contributed by atoms with Crippen molar-refractivity contribution in [3.63, 3.8) is 0 Å². The van der Waals surface area contributed by atoms with Gasteiger partial charge in [-0.1, -0.05) is 0 Å². The van der Waals surface area contributed by atoms with Crippen LogP contribution in [0.2, 0.25) is 0 Å². The largest absolute Gasteiger partial charge is 0.477 e. The lowest BCUT2D eigenvalue weighted by Gasteiger charge is -2.16. The fraction of sp³-hybridized carbons (Fsp3) is 0.353. The van der Waals surface area contributed by atoms with E-state index in [0.717, 1.165) is 25.0 Å². The van der Waals surface area contributed by atoms with E-state index >= 15 is 0 Å². The van der Waals surface area contributed by atoms with E-state index in [1.165, 1.54) is 4.68 Å². The number of nitriles is 1. The summed E-state index contributed by atoms with van der Waals surface area (Å²) in [6.45, 7) is 0.933. The van der Waals surface area contributed by atoms with Gasteiger partial charge in [-0.25, -0.2) is 13.5 Å². The van der Waals surface area contributed by atoms with Crippen LogP contribution in [0.3, 0.4) is 0 Å². The Kier molecular flexibility index (Phi) is 3.64. The van der Waals surface area contributed by atoms with Crippen LogP contribution in [-0.4, -0.2) is 28.3 Å². The maximum atomic E-state index is 14.5. The number of amides is 1. The summed E-state index contributed by atoms with van der Waals surface area (Å²) < 4.78 is 35.7. The first-order valence-electron chi connectivity index (χ1n) is 8.02. The summed E-state index contributed by atoms with van der Waals surface area (Å²) in [7, 11) is 0. The van der Waals surface area contributed by atoms with E-state index in [4.69, 9.17) is 10.00 Å². The highest BCUT2D eigenvalue weighted by Gasteiger charge is 2.32. The van der Waals surface area contributed by atoms with Crippen molar-refractivity contribution in [2.45, 2.75) is 31.8 Å². The normalized spacial score (nSPS) is 15.9. The molecular formula is C17H14F2N4O2. The lowest BCUT2D eigenvalue weighted by atomic mass is 10.0. The Morgan fingerprint density at radius 1 is 1.36 bits per heavy atom. The molecule has 0 unspecified atom stereocenters. The second-order valence-corrected chi connectivity index (χ2v) is 6.13. The van der Waals surface area contributed by atoms with E-state index in [0.29, 0.717) is 19.6 Å². The zero-order valence-electron chi connectivity index (χ0n) is 13.2. The Morgan fingerprint density at radius 3 is 2.88 bits per heavy atom. The SMILES string of the molecule is N#Cc1cc(F)c(-c2c(C(=O)NC3CC3)nn3c2OCCC3)cc1F. The zero-order valence-corrected chi connectivity index (χ0v) is 13.2. The van der Waals surface area contributed by atoms with Gasteiger partial charge in [0.05, 0.1) is 17.7 Å². The van der Waals surface area contributed by atoms with Crippen LogP contribution in [0.15, 0.2) is 12.1 Å². The molecule has 8 heteroatoms. The summed E-state index contributed by atoms with van der Waals surface area (Å²) in [5.74, 6) is -1.85. The van der Waals surface area contributed by atoms with Gasteiger partial charge in [-0.15, -0.1) is 0 Å². The fourth-order valence-electron chi connectivity index (χ4n) is 2.84. The number of carbonyl (C=O) groups is 1. The summed E-state index contributed by atoms with van der Waals surface area (Å²) in [5, 5.41) is 15.9. The molecule has 1 saturated carbocycles. The maximum absolute atomic E-state index is 14.5. The first-order valence-corrected chi connectivity index (χ1v) is 8.02. The van der Waals surface area contributed by atoms with E-state index in [9.17, 15) is 13.6 Å². The van der Waals surface area contributed by atoms with Crippen LogP contribution in [0.4, 0.5) is 8.78 Å². The average molecular weight is 344 g/mol. The molecule has 1 aromatic carbocycles. The van der Waals surface area contributed by atoms with Gasteiger partial charge in [-0.3, -0.25) is 4.79 Å². The third kappa shape index (κ3) is 2.71. The van der Waals surface area contributed by atoms with Crippen LogP contribution in [0.25, 0.3) is 11.1 Å². The minimum Gasteiger partial charge on any atom is -0.477 e. The third-order valence-corrected chi connectivity index (χ3v) is 4.23. The predicted octanol–water partition coefficient (Wildman–Crippen LogP) is 2.37. The molecule has 1 aliphatic heterocycles. The highest BCUT2D eigenvalue weighted by atomic mass is 19.1. The Labute approximate surface area is 142 Å². The van der Waals surface area contributed by atoms with E-state index in [1.54, 1.807) is 6.07 Å². The summed E-state index contributed by atoms with van der Waals surface area (Å²) in [4.78, 5) is 12.5. The smallest absolute Gasteiger partial charge is 0.272 e. The Balaban J connectivity index is 1.88. The van der Waals surface area contributed by atoms with E-state index < -0.39 is 23.1 Å². The molecule has 0 saturated heterocycles. The first kappa shape index (κ1) is 15.6. The van der Waals surface area contributed by atoms with Gasteiger partial charge >= 0.3 is 0 Å². The fourth-order valence-corrected chi connectivity index (χ4v) is 2.84. The van der Waals surface area contributed by atoms with E-state index in [2.05, 4.69) is 10.4 Å². The van der Waals surface area contributed by atoms with Gasteiger partial charge in [0.25, 0.3) is 5.91 Å². The topological polar surface area (TPSA) is 79.9 Å². The summed E-state index contributed by atoms with van der Waals surface area (Å²) in [6, 6.07) is 3.43. The predicted molar refractivity (Wildman–Crippen MR) is 82.9 cm³/mol. The average Bonchev–Trinajstić information content (AvgIpc) is 3.33. The molecule has 4 rings (SSSR count). The number of nitrogens with one attached hydrogen (secondary N) is 1. The molecule has 0 atom stereocenters. The molecule has 1 N–H and O–H groups in total. The number of benzene rings is 1. The van der Waals surface area contributed by atoms with Gasteiger partial charge in [0.2, 0.25) is 5.88 Å². The molecule has 2 heterocycles. The minimum atomic E-state index is -0.858. The van der Waals surface area contributed by atoms with E-state index in [1.807, 2.05) is 0 Å². The number of hydrogen-bond donors (Lipinski definition) is 1. The van der Waals surface area contributed by atoms with Crippen molar-refractivity contribution in [3.8, 4) is 23.1 Å². The molecule has 25 heavy (non-hydrogen) atoms. The molecule has 0 bridgehead atoms. The number of aromatic nitrogens is 2. The Hall–Kier alpha value is -2.95. The van der Waals surface area contributed by atoms with Crippen molar-refractivity contribution in [1.82, 2.24) is 15.1 Å². The number of halogens is 2. The summed E-state index contributed by atoms with van der Waals surface area (Å²) >= 11 is 0. The van der Waals surface area contributed by atoms with Crippen LogP contribution < -0.4 is 10.1 Å². The molecule has 0 radical (unpaired) electrons. The molecule has 0 spiro atoms. The summed E-state index contributed by atoms with van der Waals surface area (Å²) in [5.41, 5.74) is -0.404. The highest BCUT2D eigenvalue weighted by molar-refractivity contribution is 6.00. The second kappa shape index (κ2) is 5.84. The number of ether oxygens (including phenoxy) is 1. The number of carbonyl (C=O) groups excluding carboxylic acids is 1. The van der Waals surface area contributed by atoms with Crippen molar-refractivity contribution in [3.05, 3.63) is 35.0 Å². The molecule has 6 nitrogen and oxygen atoms in total. The first-order chi connectivity index (χ1) is 12.1. The Bertz CT molecular complexity index is 912. The monoisotopic (exact) mass is 344 g/mol. The number of hydrogen-bond acceptors (Lipinski definition) is 4. The number of rotatable bonds is 3. The van der Waals surface area contributed by atoms with Crippen molar-refractivity contribution in [2.75, 3.05) is 6.61 Å². The van der Waals surface area contributed by atoms with Gasteiger partial charge in [0.1, 0.15) is 17.7 Å². The number of aryl methyl sites for hydroxylation is 1. The van der Waals surface area contributed by atoms with Crippen LogP contribution >= 0.6 is 0 Å². The van der Waals surface area contributed by atoms with Gasteiger partial charge in [0, 0.05) is 24.6 Å². The van der Waals surface area contributed by atoms with Gasteiger partial charge in [0.15, 0.2) is 5.69 Å². The van der Waals surface area contributed by atoms with Crippen molar-refractivity contribution < 1.29 is 18.3 Å². The molecule has 128 valence electrons. The molecule has 1 aromatic heterocycles. The van der Waals surface area contributed by atoms with Crippen molar-refractivity contribution in [2.24, 2.45) is 0 Å². The van der Waals surface area contributed by atoms with Crippen molar-refractivity contribution in [1.29, 1.82) is 5.26 Å². The standard InChI is InChI=1S/C17H14F2N4O2/c18-12-7-11(13(19)6-9(12)8-20)14-15(16(24)21-10-2-3-10)22-23-4-1-5-25-17(14)23/h6-7,10H,1-5H2,(H,21,24). The van der Waals surface area contributed by atoms with Gasteiger partial charge in [-0.05, 0) is 25.0 Å². The summed E-state index contributed by atoms with van der Waals surface area (Å²) in [6.07, 6.45) is 2.50. The molecular weight excluding hydrogens is 330 g/mol. The van der Waals surface area contributed by atoms with Crippen molar-refractivity contribution >= 4 is 5.91 Å². The molecule has 1 aliphatic carbocycles.